The van der Waals surface area contributed by atoms with Crippen molar-refractivity contribution in [3.8, 4) is 5.75 Å². The van der Waals surface area contributed by atoms with E-state index in [0.717, 1.165) is 22.7 Å². The van der Waals surface area contributed by atoms with Gasteiger partial charge in [-0.3, -0.25) is 14.5 Å². The van der Waals surface area contributed by atoms with Gasteiger partial charge in [0.25, 0.3) is 5.56 Å². The monoisotopic (exact) mass is 523 g/mol. The first-order chi connectivity index (χ1) is 16.5. The summed E-state index contributed by atoms with van der Waals surface area (Å²) in [7, 11) is -3.59. The molecule has 4 rings (SSSR count). The summed E-state index contributed by atoms with van der Waals surface area (Å²) < 4.78 is 59.0. The number of carbonyl (C=O) groups excluding carboxylic acids is 1. The maximum absolute atomic E-state index is 13.8. The number of hydrogen-bond acceptors (Lipinski definition) is 5. The van der Waals surface area contributed by atoms with E-state index >= 15 is 0 Å². The Bertz CT molecular complexity index is 1490. The van der Waals surface area contributed by atoms with Gasteiger partial charge in [0.05, 0.1) is 24.2 Å². The highest BCUT2D eigenvalue weighted by atomic mass is 35.5. The Morgan fingerprint density at radius 3 is 2.51 bits per heavy atom. The summed E-state index contributed by atoms with van der Waals surface area (Å²) in [6.45, 7) is 1.05. The lowest BCUT2D eigenvalue weighted by Gasteiger charge is -2.17. The zero-order valence-electron chi connectivity index (χ0n) is 18.7. The highest BCUT2D eigenvalue weighted by Gasteiger charge is 2.33. The lowest BCUT2D eigenvalue weighted by Crippen LogP contribution is -2.36. The summed E-state index contributed by atoms with van der Waals surface area (Å²) in [5.41, 5.74) is 0.952. The number of nitrogens with zero attached hydrogens (tertiary/aromatic N) is 3. The van der Waals surface area contributed by atoms with E-state index in [-0.39, 0.29) is 42.1 Å². The average molecular weight is 524 g/mol. The van der Waals surface area contributed by atoms with E-state index in [0.29, 0.717) is 16.9 Å². The molecular formula is C23H20ClF2N3O5S. The van der Waals surface area contributed by atoms with Crippen molar-refractivity contribution in [3.05, 3.63) is 86.8 Å². The van der Waals surface area contributed by atoms with Crippen LogP contribution in [0.2, 0.25) is 5.02 Å². The summed E-state index contributed by atoms with van der Waals surface area (Å²) >= 11 is 6.19. The topological polar surface area (TPSA) is 88.9 Å². The van der Waals surface area contributed by atoms with Crippen LogP contribution >= 0.6 is 11.6 Å². The fraction of sp³-hybridized carbons (Fsp3) is 0.217. The van der Waals surface area contributed by atoms with Gasteiger partial charge in [0.15, 0.2) is 0 Å². The first-order valence-corrected chi connectivity index (χ1v) is 12.5. The van der Waals surface area contributed by atoms with Crippen molar-refractivity contribution < 1.29 is 26.7 Å². The number of rotatable bonds is 6. The van der Waals surface area contributed by atoms with Crippen LogP contribution in [-0.4, -0.2) is 31.8 Å². The third-order valence-electron chi connectivity index (χ3n) is 5.47. The van der Waals surface area contributed by atoms with Gasteiger partial charge in [-0.25, -0.2) is 21.5 Å². The summed E-state index contributed by atoms with van der Waals surface area (Å²) in [6.07, 6.45) is 2.51. The number of anilines is 2. The predicted octanol–water partition coefficient (Wildman–Crippen LogP) is 3.50. The molecule has 0 atom stereocenters. The van der Waals surface area contributed by atoms with E-state index in [2.05, 4.69) is 0 Å². The molecule has 1 amide bonds. The molecule has 0 fully saturated rings. The molecule has 0 unspecified atom stereocenters. The molecule has 1 aliphatic rings. The number of fused-ring (bicyclic) bond motifs is 1. The molecule has 0 aliphatic carbocycles. The molecule has 0 saturated carbocycles. The quantitative estimate of drug-likeness (QED) is 0.493. The Labute approximate surface area is 205 Å². The van der Waals surface area contributed by atoms with Crippen LogP contribution in [0, 0.1) is 11.6 Å². The SMILES string of the molecule is CC(=O)N1CN(S(C)(=O)=O)c2ccc(Cn3ccc(OCc4ccc(F)cc4F)c(Cl)c3=O)cc21. The van der Waals surface area contributed by atoms with Crippen molar-refractivity contribution >= 4 is 38.9 Å². The van der Waals surface area contributed by atoms with Crippen molar-refractivity contribution in [3.63, 3.8) is 0 Å². The van der Waals surface area contributed by atoms with Crippen LogP contribution in [0.3, 0.4) is 0 Å². The van der Waals surface area contributed by atoms with Crippen molar-refractivity contribution in [1.29, 1.82) is 0 Å². The highest BCUT2D eigenvalue weighted by molar-refractivity contribution is 7.92. The van der Waals surface area contributed by atoms with E-state index in [4.69, 9.17) is 16.3 Å². The molecule has 0 N–H and O–H groups in total. The number of carbonyl (C=O) groups is 1. The minimum atomic E-state index is -3.59. The van der Waals surface area contributed by atoms with Crippen molar-refractivity contribution in [2.75, 3.05) is 22.1 Å². The molecule has 3 aromatic rings. The molecule has 35 heavy (non-hydrogen) atoms. The highest BCUT2D eigenvalue weighted by Crippen LogP contribution is 2.38. The lowest BCUT2D eigenvalue weighted by atomic mass is 10.1. The van der Waals surface area contributed by atoms with Gasteiger partial charge in [-0.05, 0) is 35.9 Å². The fourth-order valence-electron chi connectivity index (χ4n) is 3.68. The average Bonchev–Trinajstić information content (AvgIpc) is 3.17. The standard InChI is InChI=1S/C23H20ClF2N3O5S/c1-14(30)28-13-29(35(2,32)33)19-6-3-15(9-20(19)28)11-27-8-7-21(22(24)23(27)31)34-12-16-4-5-17(25)10-18(16)26/h3-10H,11-13H2,1-2H3. The van der Waals surface area contributed by atoms with Crippen LogP contribution in [0.1, 0.15) is 18.1 Å². The van der Waals surface area contributed by atoms with Crippen LogP contribution in [0.25, 0.3) is 0 Å². The van der Waals surface area contributed by atoms with E-state index in [1.165, 1.54) is 34.7 Å². The van der Waals surface area contributed by atoms with Gasteiger partial charge in [-0.15, -0.1) is 0 Å². The minimum absolute atomic E-state index is 0.0390. The third-order valence-corrected chi connectivity index (χ3v) is 6.93. The number of sulfonamides is 1. The first kappa shape index (κ1) is 24.7. The molecule has 8 nitrogen and oxygen atoms in total. The van der Waals surface area contributed by atoms with Gasteiger partial charge < -0.3 is 9.30 Å². The van der Waals surface area contributed by atoms with E-state index in [1.54, 1.807) is 18.2 Å². The predicted molar refractivity (Wildman–Crippen MR) is 127 cm³/mol. The van der Waals surface area contributed by atoms with Crippen molar-refractivity contribution in [2.45, 2.75) is 20.1 Å². The smallest absolute Gasteiger partial charge is 0.273 e. The number of ether oxygens (including phenoxy) is 1. The molecule has 1 aliphatic heterocycles. The largest absolute Gasteiger partial charge is 0.487 e. The molecule has 2 heterocycles. The van der Waals surface area contributed by atoms with Crippen LogP contribution < -0.4 is 19.5 Å². The molecule has 12 heteroatoms. The van der Waals surface area contributed by atoms with Crippen molar-refractivity contribution in [2.24, 2.45) is 0 Å². The Morgan fingerprint density at radius 2 is 1.86 bits per heavy atom. The van der Waals surface area contributed by atoms with Crippen LogP contribution in [-0.2, 0) is 28.0 Å². The van der Waals surface area contributed by atoms with Gasteiger partial charge in [0.2, 0.25) is 15.9 Å². The number of aromatic nitrogens is 1. The Hall–Kier alpha value is -3.44. The maximum atomic E-state index is 13.8. The molecule has 184 valence electrons. The first-order valence-electron chi connectivity index (χ1n) is 10.3. The van der Waals surface area contributed by atoms with E-state index in [9.17, 15) is 26.8 Å². The van der Waals surface area contributed by atoms with Crippen LogP contribution in [0.15, 0.2) is 53.5 Å². The molecule has 0 bridgehead atoms. The second-order valence-electron chi connectivity index (χ2n) is 7.97. The number of amides is 1. The molecule has 2 aromatic carbocycles. The number of benzene rings is 2. The summed E-state index contributed by atoms with van der Waals surface area (Å²) in [5, 5.41) is -0.218. The van der Waals surface area contributed by atoms with Crippen LogP contribution in [0.5, 0.6) is 5.75 Å². The second-order valence-corrected chi connectivity index (χ2v) is 10.3. The lowest BCUT2D eigenvalue weighted by molar-refractivity contribution is -0.116. The van der Waals surface area contributed by atoms with Gasteiger partial charge >= 0.3 is 0 Å². The van der Waals surface area contributed by atoms with E-state index < -0.39 is 27.2 Å². The number of hydrogen-bond donors (Lipinski definition) is 0. The zero-order chi connectivity index (χ0) is 25.5. The van der Waals surface area contributed by atoms with Gasteiger partial charge in [-0.2, -0.15) is 0 Å². The summed E-state index contributed by atoms with van der Waals surface area (Å²) in [4.78, 5) is 26.2. The normalized spacial score (nSPS) is 13.2. The summed E-state index contributed by atoms with van der Waals surface area (Å²) in [5.74, 6) is -1.78. The molecule has 0 radical (unpaired) electrons. The zero-order valence-corrected chi connectivity index (χ0v) is 20.2. The second kappa shape index (κ2) is 9.31. The number of pyridine rings is 1. The summed E-state index contributed by atoms with van der Waals surface area (Å²) in [6, 6.07) is 9.40. The van der Waals surface area contributed by atoms with E-state index in [1.807, 2.05) is 0 Å². The maximum Gasteiger partial charge on any atom is 0.273 e. The van der Waals surface area contributed by atoms with Crippen LogP contribution in [0.4, 0.5) is 20.2 Å². The Morgan fingerprint density at radius 1 is 1.11 bits per heavy atom. The fourth-order valence-corrected chi connectivity index (χ4v) is 4.75. The molecule has 0 saturated heterocycles. The van der Waals surface area contributed by atoms with Gasteiger partial charge in [0, 0.05) is 24.8 Å². The van der Waals surface area contributed by atoms with Gasteiger partial charge in [0.1, 0.15) is 35.7 Å². The molecule has 0 spiro atoms. The minimum Gasteiger partial charge on any atom is -0.487 e. The third kappa shape index (κ3) is 5.01. The van der Waals surface area contributed by atoms with Crippen molar-refractivity contribution in [1.82, 2.24) is 4.57 Å². The Balaban J connectivity index is 1.57. The van der Waals surface area contributed by atoms with Gasteiger partial charge in [-0.1, -0.05) is 17.7 Å². The number of halogens is 3. The molecular weight excluding hydrogens is 504 g/mol. The molecule has 1 aromatic heterocycles. The Kier molecular flexibility index (Phi) is 6.56.